The molecule has 126 valence electrons. The van der Waals surface area contributed by atoms with E-state index in [4.69, 9.17) is 0 Å². The molecule has 1 amide bonds. The number of aromatic nitrogens is 3. The van der Waals surface area contributed by atoms with E-state index < -0.39 is 6.04 Å². The van der Waals surface area contributed by atoms with E-state index >= 15 is 0 Å². The number of carbonyl (C=O) groups is 1. The van der Waals surface area contributed by atoms with Crippen molar-refractivity contribution < 1.29 is 4.79 Å². The van der Waals surface area contributed by atoms with Crippen LogP contribution in [0.5, 0.6) is 0 Å². The van der Waals surface area contributed by atoms with E-state index in [1.54, 1.807) is 13.2 Å². The lowest BCUT2D eigenvalue weighted by Gasteiger charge is -2.19. The van der Waals surface area contributed by atoms with Crippen LogP contribution in [0.3, 0.4) is 0 Å². The average Bonchev–Trinajstić information content (AvgIpc) is 2.92. The summed E-state index contributed by atoms with van der Waals surface area (Å²) in [4.78, 5) is 25.4. The van der Waals surface area contributed by atoms with E-state index in [9.17, 15) is 9.59 Å². The minimum atomic E-state index is -0.422. The molecule has 0 unspecified atom stereocenters. The molecule has 0 aliphatic heterocycles. The maximum absolute atomic E-state index is 12.7. The third-order valence-corrected chi connectivity index (χ3v) is 4.36. The summed E-state index contributed by atoms with van der Waals surface area (Å²) in [6.45, 7) is 4.61. The summed E-state index contributed by atoms with van der Waals surface area (Å²) in [6.07, 6.45) is 3.18. The molecule has 1 aromatic carbocycles. The maximum atomic E-state index is 12.7. The van der Waals surface area contributed by atoms with Gasteiger partial charge in [0.05, 0.1) is 11.7 Å². The SMILES string of the molecule is CCCNC(=O)[C@H](CC)n1c2ccccc2c2cnn(C)c(=O)c21. The van der Waals surface area contributed by atoms with Crippen molar-refractivity contribution in [3.05, 3.63) is 40.8 Å². The van der Waals surface area contributed by atoms with Crippen LogP contribution in [-0.2, 0) is 11.8 Å². The van der Waals surface area contributed by atoms with Gasteiger partial charge in [-0.25, -0.2) is 4.68 Å². The van der Waals surface area contributed by atoms with E-state index in [1.807, 2.05) is 42.7 Å². The fourth-order valence-corrected chi connectivity index (χ4v) is 3.16. The first-order valence-corrected chi connectivity index (χ1v) is 8.32. The van der Waals surface area contributed by atoms with Crippen LogP contribution in [0, 0.1) is 0 Å². The second-order valence-corrected chi connectivity index (χ2v) is 5.94. The Hall–Kier alpha value is -2.63. The lowest BCUT2D eigenvalue weighted by atomic mass is 10.2. The topological polar surface area (TPSA) is 68.9 Å². The van der Waals surface area contributed by atoms with E-state index in [0.717, 1.165) is 22.7 Å². The highest BCUT2D eigenvalue weighted by molar-refractivity contribution is 6.08. The van der Waals surface area contributed by atoms with E-state index in [1.165, 1.54) is 4.68 Å². The molecule has 0 aliphatic rings. The van der Waals surface area contributed by atoms with Crippen molar-refractivity contribution >= 4 is 27.7 Å². The number of amides is 1. The molecule has 24 heavy (non-hydrogen) atoms. The summed E-state index contributed by atoms with van der Waals surface area (Å²) in [7, 11) is 1.63. The van der Waals surface area contributed by atoms with Crippen molar-refractivity contribution in [3.8, 4) is 0 Å². The Morgan fingerprint density at radius 2 is 2.00 bits per heavy atom. The van der Waals surface area contributed by atoms with Gasteiger partial charge in [0, 0.05) is 24.4 Å². The molecule has 1 N–H and O–H groups in total. The molecule has 0 aliphatic carbocycles. The van der Waals surface area contributed by atoms with Gasteiger partial charge in [0.1, 0.15) is 11.6 Å². The fraction of sp³-hybridized carbons (Fsp3) is 0.389. The fourth-order valence-electron chi connectivity index (χ4n) is 3.16. The molecule has 0 radical (unpaired) electrons. The minimum Gasteiger partial charge on any atom is -0.354 e. The molecule has 0 fully saturated rings. The van der Waals surface area contributed by atoms with Crippen molar-refractivity contribution in [1.82, 2.24) is 19.7 Å². The van der Waals surface area contributed by atoms with Gasteiger partial charge >= 0.3 is 0 Å². The molecule has 0 spiro atoms. The molecule has 1 atom stereocenters. The van der Waals surface area contributed by atoms with Crippen LogP contribution in [0.25, 0.3) is 21.8 Å². The van der Waals surface area contributed by atoms with Gasteiger partial charge in [-0.2, -0.15) is 5.10 Å². The Morgan fingerprint density at radius 1 is 1.25 bits per heavy atom. The number of benzene rings is 1. The van der Waals surface area contributed by atoms with Gasteiger partial charge in [0.2, 0.25) is 5.91 Å². The lowest BCUT2D eigenvalue weighted by molar-refractivity contribution is -0.124. The Bertz CT molecular complexity index is 955. The summed E-state index contributed by atoms with van der Waals surface area (Å²) in [5, 5.41) is 8.82. The summed E-state index contributed by atoms with van der Waals surface area (Å²) in [5.74, 6) is -0.0548. The second kappa shape index (κ2) is 6.47. The van der Waals surface area contributed by atoms with E-state index in [0.29, 0.717) is 18.5 Å². The van der Waals surface area contributed by atoms with Crippen molar-refractivity contribution in [2.45, 2.75) is 32.7 Å². The zero-order chi connectivity index (χ0) is 17.3. The van der Waals surface area contributed by atoms with Crippen LogP contribution in [0.1, 0.15) is 32.7 Å². The number of aryl methyl sites for hydroxylation is 1. The third-order valence-electron chi connectivity index (χ3n) is 4.36. The summed E-state index contributed by atoms with van der Waals surface area (Å²) in [6, 6.07) is 7.35. The third kappa shape index (κ3) is 2.48. The summed E-state index contributed by atoms with van der Waals surface area (Å²) >= 11 is 0. The highest BCUT2D eigenvalue weighted by Crippen LogP contribution is 2.30. The van der Waals surface area contributed by atoms with Crippen molar-refractivity contribution in [1.29, 1.82) is 0 Å². The van der Waals surface area contributed by atoms with Gasteiger partial charge in [0.15, 0.2) is 0 Å². The van der Waals surface area contributed by atoms with Crippen LogP contribution in [0.4, 0.5) is 0 Å². The predicted octanol–water partition coefficient (Wildman–Crippen LogP) is 2.37. The van der Waals surface area contributed by atoms with Gasteiger partial charge < -0.3 is 9.88 Å². The van der Waals surface area contributed by atoms with Gasteiger partial charge in [-0.3, -0.25) is 9.59 Å². The van der Waals surface area contributed by atoms with Crippen LogP contribution in [-0.4, -0.2) is 26.8 Å². The normalized spacial score (nSPS) is 12.6. The zero-order valence-electron chi connectivity index (χ0n) is 14.2. The number of nitrogens with zero attached hydrogens (tertiary/aromatic N) is 3. The van der Waals surface area contributed by atoms with Crippen LogP contribution < -0.4 is 10.9 Å². The molecule has 0 bridgehead atoms. The Morgan fingerprint density at radius 3 is 2.71 bits per heavy atom. The zero-order valence-corrected chi connectivity index (χ0v) is 14.2. The summed E-state index contributed by atoms with van der Waals surface area (Å²) < 4.78 is 3.19. The number of para-hydroxylation sites is 1. The predicted molar refractivity (Wildman–Crippen MR) is 95.1 cm³/mol. The Kier molecular flexibility index (Phi) is 4.38. The number of hydrogen-bond donors (Lipinski definition) is 1. The van der Waals surface area contributed by atoms with Crippen molar-refractivity contribution in [2.75, 3.05) is 6.54 Å². The minimum absolute atomic E-state index is 0.0548. The largest absolute Gasteiger partial charge is 0.354 e. The summed E-state index contributed by atoms with van der Waals surface area (Å²) in [5.41, 5.74) is 1.23. The Balaban J connectivity index is 2.33. The number of rotatable bonds is 5. The lowest BCUT2D eigenvalue weighted by Crippen LogP contribution is -2.34. The van der Waals surface area contributed by atoms with Gasteiger partial charge in [-0.1, -0.05) is 32.0 Å². The number of fused-ring (bicyclic) bond motifs is 3. The van der Waals surface area contributed by atoms with Gasteiger partial charge in [-0.05, 0) is 18.9 Å². The monoisotopic (exact) mass is 326 g/mol. The molecule has 6 heteroatoms. The molecule has 3 rings (SSSR count). The molecule has 0 saturated carbocycles. The van der Waals surface area contributed by atoms with Crippen LogP contribution in [0.2, 0.25) is 0 Å². The highest BCUT2D eigenvalue weighted by Gasteiger charge is 2.24. The first kappa shape index (κ1) is 16.2. The highest BCUT2D eigenvalue weighted by atomic mass is 16.2. The first-order chi connectivity index (χ1) is 11.6. The van der Waals surface area contributed by atoms with Crippen molar-refractivity contribution in [3.63, 3.8) is 0 Å². The number of hydrogen-bond acceptors (Lipinski definition) is 3. The first-order valence-electron chi connectivity index (χ1n) is 8.32. The van der Waals surface area contributed by atoms with Gasteiger partial charge in [0.25, 0.3) is 5.56 Å². The van der Waals surface area contributed by atoms with E-state index in [2.05, 4.69) is 10.4 Å². The molecule has 2 aromatic heterocycles. The van der Waals surface area contributed by atoms with E-state index in [-0.39, 0.29) is 11.5 Å². The van der Waals surface area contributed by atoms with Gasteiger partial charge in [-0.15, -0.1) is 0 Å². The number of nitrogens with one attached hydrogen (secondary N) is 1. The standard InChI is InChI=1S/C18H22N4O2/c1-4-10-19-17(23)14(5-2)22-15-9-7-6-8-12(15)13-11-20-21(3)18(24)16(13)22/h6-9,11,14H,4-5,10H2,1-3H3,(H,19,23)/t14-/m0/s1. The molecular weight excluding hydrogens is 304 g/mol. The number of carbonyl (C=O) groups excluding carboxylic acids is 1. The van der Waals surface area contributed by atoms with Crippen LogP contribution in [0.15, 0.2) is 35.3 Å². The Labute approximate surface area is 140 Å². The molecule has 2 heterocycles. The molecule has 6 nitrogen and oxygen atoms in total. The smallest absolute Gasteiger partial charge is 0.291 e. The average molecular weight is 326 g/mol. The maximum Gasteiger partial charge on any atom is 0.291 e. The molecule has 3 aromatic rings. The van der Waals surface area contributed by atoms with Crippen LogP contribution >= 0.6 is 0 Å². The molecule has 0 saturated heterocycles. The second-order valence-electron chi connectivity index (χ2n) is 5.94. The van der Waals surface area contributed by atoms with Crippen molar-refractivity contribution in [2.24, 2.45) is 7.05 Å². The quantitative estimate of drug-likeness (QED) is 0.782. The molecular formula is C18H22N4O2.